The van der Waals surface area contributed by atoms with Crippen LogP contribution in [0.15, 0.2) is 27.3 Å². The number of aromatic nitrogens is 1. The van der Waals surface area contributed by atoms with Crippen LogP contribution in [0, 0.1) is 0 Å². The summed E-state index contributed by atoms with van der Waals surface area (Å²) >= 11 is 6.75. The van der Waals surface area contributed by atoms with Crippen LogP contribution >= 0.6 is 31.9 Å². The monoisotopic (exact) mass is 388 g/mol. The molecule has 0 saturated heterocycles. The minimum atomic E-state index is -1.07. The van der Waals surface area contributed by atoms with Crippen molar-refractivity contribution in [2.24, 2.45) is 0 Å². The van der Waals surface area contributed by atoms with E-state index in [0.717, 1.165) is 19.8 Å². The van der Waals surface area contributed by atoms with E-state index in [9.17, 15) is 9.59 Å². The molecule has 2 rings (SSSR count). The summed E-state index contributed by atoms with van der Waals surface area (Å²) in [5.41, 5.74) is 1.21. The van der Waals surface area contributed by atoms with E-state index in [1.54, 1.807) is 12.3 Å². The number of H-pyrrole nitrogens is 1. The maximum Gasteiger partial charge on any atom is 0.325 e. The number of fused-ring (bicyclic) bond motifs is 1. The second kappa shape index (κ2) is 5.34. The van der Waals surface area contributed by atoms with Gasteiger partial charge in [0, 0.05) is 26.0 Å². The number of aromatic amines is 1. The van der Waals surface area contributed by atoms with Gasteiger partial charge in [-0.1, -0.05) is 0 Å². The Kier molecular flexibility index (Phi) is 3.96. The van der Waals surface area contributed by atoms with Crippen LogP contribution in [0.1, 0.15) is 17.3 Å². The van der Waals surface area contributed by atoms with Crippen molar-refractivity contribution in [1.29, 1.82) is 0 Å². The number of rotatable bonds is 3. The second-order valence-electron chi connectivity index (χ2n) is 4.05. The highest BCUT2D eigenvalue weighted by Crippen LogP contribution is 2.30. The van der Waals surface area contributed by atoms with Gasteiger partial charge in [-0.25, -0.2) is 0 Å². The Morgan fingerprint density at radius 2 is 1.95 bits per heavy atom. The zero-order valence-electron chi connectivity index (χ0n) is 9.83. The molecule has 100 valence electrons. The molecule has 1 aromatic carbocycles. The third kappa shape index (κ3) is 2.82. The molecule has 1 heterocycles. The number of hydrogen-bond acceptors (Lipinski definition) is 2. The van der Waals surface area contributed by atoms with E-state index in [0.29, 0.717) is 5.56 Å². The number of amides is 1. The minimum Gasteiger partial charge on any atom is -0.480 e. The Labute approximate surface area is 125 Å². The molecule has 7 heteroatoms. The van der Waals surface area contributed by atoms with Crippen LogP contribution in [0.5, 0.6) is 0 Å². The summed E-state index contributed by atoms with van der Waals surface area (Å²) in [5, 5.41) is 11.9. The van der Waals surface area contributed by atoms with Gasteiger partial charge in [-0.2, -0.15) is 0 Å². The van der Waals surface area contributed by atoms with Gasteiger partial charge in [0.25, 0.3) is 5.91 Å². The van der Waals surface area contributed by atoms with Gasteiger partial charge in [0.2, 0.25) is 0 Å². The van der Waals surface area contributed by atoms with Crippen molar-refractivity contribution in [3.63, 3.8) is 0 Å². The van der Waals surface area contributed by atoms with Gasteiger partial charge in [0.15, 0.2) is 0 Å². The molecule has 1 amide bonds. The quantitative estimate of drug-likeness (QED) is 0.754. The van der Waals surface area contributed by atoms with Crippen LogP contribution < -0.4 is 5.32 Å². The molecule has 0 unspecified atom stereocenters. The smallest absolute Gasteiger partial charge is 0.325 e. The summed E-state index contributed by atoms with van der Waals surface area (Å²) in [6.07, 6.45) is 1.56. The summed E-state index contributed by atoms with van der Waals surface area (Å²) in [6, 6.07) is 2.71. The fourth-order valence-electron chi connectivity index (χ4n) is 1.64. The number of benzene rings is 1. The average molecular weight is 390 g/mol. The number of carbonyl (C=O) groups excluding carboxylic acids is 1. The first-order chi connectivity index (χ1) is 8.90. The first kappa shape index (κ1) is 14.1. The zero-order chi connectivity index (χ0) is 14.2. The van der Waals surface area contributed by atoms with Crippen molar-refractivity contribution in [2.75, 3.05) is 0 Å². The number of nitrogens with one attached hydrogen (secondary N) is 2. The molecule has 0 spiro atoms. The fourth-order valence-corrected chi connectivity index (χ4v) is 2.33. The molecular formula is C12H10Br2N2O3. The highest BCUT2D eigenvalue weighted by Gasteiger charge is 2.18. The van der Waals surface area contributed by atoms with Crippen molar-refractivity contribution >= 4 is 54.6 Å². The van der Waals surface area contributed by atoms with Crippen LogP contribution in [-0.4, -0.2) is 28.0 Å². The third-order valence-electron chi connectivity index (χ3n) is 2.69. The van der Waals surface area contributed by atoms with Crippen molar-refractivity contribution in [2.45, 2.75) is 13.0 Å². The molecule has 0 fully saturated rings. The van der Waals surface area contributed by atoms with Crippen LogP contribution in [0.2, 0.25) is 0 Å². The van der Waals surface area contributed by atoms with Crippen molar-refractivity contribution in [3.8, 4) is 0 Å². The predicted octanol–water partition coefficient (Wildman–Crippen LogP) is 2.90. The van der Waals surface area contributed by atoms with Crippen LogP contribution in [0.4, 0.5) is 0 Å². The topological polar surface area (TPSA) is 82.2 Å². The maximum absolute atomic E-state index is 12.0. The first-order valence-electron chi connectivity index (χ1n) is 5.40. The Morgan fingerprint density at radius 1 is 1.32 bits per heavy atom. The Bertz CT molecular complexity index is 666. The molecule has 3 N–H and O–H groups in total. The molecule has 5 nitrogen and oxygen atoms in total. The summed E-state index contributed by atoms with van der Waals surface area (Å²) in [5.74, 6) is -1.49. The molecule has 0 aliphatic heterocycles. The SMILES string of the molecule is C[C@@H](NC(=O)c1c[nH]c2cc(Br)c(Br)cc12)C(=O)O. The lowest BCUT2D eigenvalue weighted by Gasteiger charge is -2.08. The lowest BCUT2D eigenvalue weighted by molar-refractivity contribution is -0.138. The molecule has 0 aliphatic rings. The molecule has 0 saturated carbocycles. The van der Waals surface area contributed by atoms with Gasteiger partial charge in [-0.15, -0.1) is 0 Å². The van der Waals surface area contributed by atoms with Crippen LogP contribution in [-0.2, 0) is 4.79 Å². The van der Waals surface area contributed by atoms with E-state index in [1.807, 2.05) is 6.07 Å². The summed E-state index contributed by atoms with van der Waals surface area (Å²) < 4.78 is 1.69. The number of hydrogen-bond donors (Lipinski definition) is 3. The average Bonchev–Trinajstić information content (AvgIpc) is 2.72. The molecule has 0 bridgehead atoms. The number of carboxylic acids is 1. The second-order valence-corrected chi connectivity index (χ2v) is 5.76. The van der Waals surface area contributed by atoms with E-state index in [1.165, 1.54) is 6.92 Å². The lowest BCUT2D eigenvalue weighted by atomic mass is 10.1. The maximum atomic E-state index is 12.0. The standard InChI is InChI=1S/C12H10Br2N2O3/c1-5(12(18)19)16-11(17)7-4-15-10-3-9(14)8(13)2-6(7)10/h2-5,15H,1H3,(H,16,17)(H,18,19)/t5-/m1/s1. The van der Waals surface area contributed by atoms with Crippen molar-refractivity contribution in [1.82, 2.24) is 10.3 Å². The summed E-state index contributed by atoms with van der Waals surface area (Å²) in [4.78, 5) is 25.7. The van der Waals surface area contributed by atoms with E-state index >= 15 is 0 Å². The molecule has 19 heavy (non-hydrogen) atoms. The summed E-state index contributed by atoms with van der Waals surface area (Å²) in [6.45, 7) is 1.42. The fraction of sp³-hybridized carbons (Fsp3) is 0.167. The lowest BCUT2D eigenvalue weighted by Crippen LogP contribution is -2.38. The van der Waals surface area contributed by atoms with Gasteiger partial charge in [0.05, 0.1) is 5.56 Å². The van der Waals surface area contributed by atoms with E-state index < -0.39 is 17.9 Å². The Balaban J connectivity index is 2.38. The third-order valence-corrected chi connectivity index (χ3v) is 4.53. The predicted molar refractivity (Wildman–Crippen MR) is 78.3 cm³/mol. The normalized spacial score (nSPS) is 12.4. The van der Waals surface area contributed by atoms with Crippen LogP contribution in [0.3, 0.4) is 0 Å². The number of carbonyl (C=O) groups is 2. The molecule has 0 aliphatic carbocycles. The molecule has 0 radical (unpaired) electrons. The highest BCUT2D eigenvalue weighted by molar-refractivity contribution is 9.13. The van der Waals surface area contributed by atoms with Crippen LogP contribution in [0.25, 0.3) is 10.9 Å². The van der Waals surface area contributed by atoms with Gasteiger partial charge in [0.1, 0.15) is 6.04 Å². The van der Waals surface area contributed by atoms with E-state index in [-0.39, 0.29) is 0 Å². The number of aliphatic carboxylic acids is 1. The number of halogens is 2. The summed E-state index contributed by atoms with van der Waals surface area (Å²) in [7, 11) is 0. The van der Waals surface area contributed by atoms with Gasteiger partial charge in [-0.3, -0.25) is 9.59 Å². The van der Waals surface area contributed by atoms with Gasteiger partial charge >= 0.3 is 5.97 Å². The van der Waals surface area contributed by atoms with Gasteiger partial charge in [-0.05, 0) is 50.9 Å². The Hall–Kier alpha value is -1.34. The van der Waals surface area contributed by atoms with Crippen molar-refractivity contribution < 1.29 is 14.7 Å². The Morgan fingerprint density at radius 3 is 2.58 bits per heavy atom. The van der Waals surface area contributed by atoms with Crippen molar-refractivity contribution in [3.05, 3.63) is 32.8 Å². The minimum absolute atomic E-state index is 0.413. The molecule has 2 aromatic rings. The first-order valence-corrected chi connectivity index (χ1v) is 6.98. The largest absolute Gasteiger partial charge is 0.480 e. The molecule has 1 aromatic heterocycles. The molecular weight excluding hydrogens is 380 g/mol. The highest BCUT2D eigenvalue weighted by atomic mass is 79.9. The van der Waals surface area contributed by atoms with Gasteiger partial charge < -0.3 is 15.4 Å². The zero-order valence-corrected chi connectivity index (χ0v) is 13.0. The van der Waals surface area contributed by atoms with E-state index in [2.05, 4.69) is 42.2 Å². The van der Waals surface area contributed by atoms with E-state index in [4.69, 9.17) is 5.11 Å². The molecule has 1 atom stereocenters. The number of carboxylic acid groups (broad SMARTS) is 1.